The molecular weight excluding hydrogens is 572 g/mol. The molecular formula is C30H40N6O6S. The lowest BCUT2D eigenvalue weighted by molar-refractivity contribution is -0.129. The average Bonchev–Trinajstić information content (AvgIpc) is 3.36. The van der Waals surface area contributed by atoms with Gasteiger partial charge in [0.1, 0.15) is 34.1 Å². The molecule has 0 radical (unpaired) electrons. The number of nitrogens with one attached hydrogen (secondary N) is 2. The Morgan fingerprint density at radius 3 is 2.42 bits per heavy atom. The van der Waals surface area contributed by atoms with Crippen molar-refractivity contribution in [1.82, 2.24) is 29.7 Å². The third kappa shape index (κ3) is 7.71. The summed E-state index contributed by atoms with van der Waals surface area (Å²) in [6.07, 6.45) is 0.557. The highest BCUT2D eigenvalue weighted by atomic mass is 32.2. The van der Waals surface area contributed by atoms with Crippen LogP contribution in [0.15, 0.2) is 53.4 Å². The van der Waals surface area contributed by atoms with Crippen LogP contribution in [0.1, 0.15) is 49.9 Å². The zero-order valence-electron chi connectivity index (χ0n) is 25.2. The van der Waals surface area contributed by atoms with Crippen LogP contribution in [0.5, 0.6) is 11.5 Å². The van der Waals surface area contributed by atoms with Crippen LogP contribution in [-0.4, -0.2) is 72.7 Å². The molecule has 3 aromatic rings. The van der Waals surface area contributed by atoms with Crippen LogP contribution in [0.25, 0.3) is 0 Å². The van der Waals surface area contributed by atoms with Gasteiger partial charge in [-0.25, -0.2) is 18.1 Å². The molecule has 1 aliphatic heterocycles. The van der Waals surface area contributed by atoms with Crippen molar-refractivity contribution in [2.45, 2.75) is 63.6 Å². The van der Waals surface area contributed by atoms with Gasteiger partial charge in [-0.2, -0.15) is 9.40 Å². The smallest absolute Gasteiger partial charge is 0.246 e. The number of methoxy groups -OCH3 is 2. The first kappa shape index (κ1) is 32.0. The van der Waals surface area contributed by atoms with Gasteiger partial charge in [0.25, 0.3) is 0 Å². The Balaban J connectivity index is 1.72. The molecule has 1 aromatic heterocycles. The van der Waals surface area contributed by atoms with Gasteiger partial charge in [0.05, 0.1) is 26.8 Å². The predicted molar refractivity (Wildman–Crippen MR) is 160 cm³/mol. The van der Waals surface area contributed by atoms with Crippen LogP contribution in [0.2, 0.25) is 0 Å². The predicted octanol–water partition coefficient (Wildman–Crippen LogP) is 2.63. The molecule has 0 saturated carbocycles. The molecule has 1 aliphatic rings. The second-order valence-corrected chi connectivity index (χ2v) is 12.7. The Bertz CT molecular complexity index is 1530. The quantitative estimate of drug-likeness (QED) is 0.414. The summed E-state index contributed by atoms with van der Waals surface area (Å²) in [4.78, 5) is 31.3. The highest BCUT2D eigenvalue weighted by molar-refractivity contribution is 7.89. The molecule has 2 heterocycles. The van der Waals surface area contributed by atoms with Crippen molar-refractivity contribution in [3.63, 3.8) is 0 Å². The van der Waals surface area contributed by atoms with E-state index in [-0.39, 0.29) is 60.9 Å². The van der Waals surface area contributed by atoms with E-state index < -0.39 is 22.1 Å². The fraction of sp³-hybridized carbons (Fsp3) is 0.467. The molecule has 2 N–H and O–H groups in total. The third-order valence-electron chi connectivity index (χ3n) is 7.34. The summed E-state index contributed by atoms with van der Waals surface area (Å²) in [7, 11) is -1.21. The molecule has 0 fully saturated rings. The first-order valence-electron chi connectivity index (χ1n) is 14.3. The second kappa shape index (κ2) is 14.0. The van der Waals surface area contributed by atoms with Gasteiger partial charge < -0.3 is 20.1 Å². The van der Waals surface area contributed by atoms with Crippen LogP contribution in [0, 0.1) is 12.8 Å². The average molecular weight is 613 g/mol. The van der Waals surface area contributed by atoms with E-state index >= 15 is 0 Å². The van der Waals surface area contributed by atoms with E-state index in [2.05, 4.69) is 20.7 Å². The van der Waals surface area contributed by atoms with Gasteiger partial charge in [-0.1, -0.05) is 44.2 Å². The Morgan fingerprint density at radius 2 is 1.74 bits per heavy atom. The number of fused-ring (bicyclic) bond motifs is 1. The highest BCUT2D eigenvalue weighted by Crippen LogP contribution is 2.31. The van der Waals surface area contributed by atoms with Gasteiger partial charge in [0.15, 0.2) is 0 Å². The number of carbonyl (C=O) groups excluding carboxylic acids is 2. The maximum Gasteiger partial charge on any atom is 0.246 e. The molecule has 0 spiro atoms. The summed E-state index contributed by atoms with van der Waals surface area (Å²) in [5.74, 6) is 0.819. The zero-order valence-corrected chi connectivity index (χ0v) is 26.1. The molecule has 4 rings (SSSR count). The largest absolute Gasteiger partial charge is 0.497 e. The van der Waals surface area contributed by atoms with Crippen LogP contribution in [-0.2, 0) is 32.6 Å². The first-order valence-corrected chi connectivity index (χ1v) is 15.7. The van der Waals surface area contributed by atoms with Crippen molar-refractivity contribution < 1.29 is 27.5 Å². The lowest BCUT2D eigenvalue weighted by Crippen LogP contribution is -2.50. The van der Waals surface area contributed by atoms with E-state index in [1.807, 2.05) is 44.2 Å². The topological polar surface area (TPSA) is 145 Å². The Morgan fingerprint density at radius 1 is 1.00 bits per heavy atom. The van der Waals surface area contributed by atoms with E-state index in [1.54, 1.807) is 23.7 Å². The van der Waals surface area contributed by atoms with Crippen molar-refractivity contribution >= 4 is 21.8 Å². The summed E-state index contributed by atoms with van der Waals surface area (Å²) in [5, 5.41) is 10.5. The maximum absolute atomic E-state index is 14.0. The van der Waals surface area contributed by atoms with Crippen molar-refractivity contribution in [1.29, 1.82) is 0 Å². The highest BCUT2D eigenvalue weighted by Gasteiger charge is 2.32. The first-order chi connectivity index (χ1) is 20.5. The Hall–Kier alpha value is -3.97. The molecule has 0 aliphatic carbocycles. The number of benzene rings is 2. The monoisotopic (exact) mass is 612 g/mol. The summed E-state index contributed by atoms with van der Waals surface area (Å²) < 4.78 is 41.7. The number of nitrogens with zero attached hydrogens (tertiary/aromatic N) is 4. The van der Waals surface area contributed by atoms with Crippen molar-refractivity contribution in [3.8, 4) is 11.5 Å². The van der Waals surface area contributed by atoms with Gasteiger partial charge >= 0.3 is 0 Å². The van der Waals surface area contributed by atoms with E-state index in [9.17, 15) is 18.0 Å². The van der Waals surface area contributed by atoms with Gasteiger partial charge in [0, 0.05) is 32.0 Å². The molecule has 2 atom stereocenters. The second-order valence-electron chi connectivity index (χ2n) is 10.8. The Labute approximate surface area is 252 Å². The number of aryl methyl sites for hydroxylation is 1. The van der Waals surface area contributed by atoms with Crippen LogP contribution >= 0.6 is 0 Å². The van der Waals surface area contributed by atoms with Crippen LogP contribution in [0.3, 0.4) is 0 Å². The van der Waals surface area contributed by atoms with E-state index in [0.29, 0.717) is 23.8 Å². The van der Waals surface area contributed by atoms with E-state index in [4.69, 9.17) is 9.47 Å². The molecule has 2 amide bonds. The molecule has 43 heavy (non-hydrogen) atoms. The van der Waals surface area contributed by atoms with E-state index in [1.165, 1.54) is 24.6 Å². The number of hydrogen-bond donors (Lipinski definition) is 2. The minimum absolute atomic E-state index is 0.0289. The molecule has 13 heteroatoms. The standard InChI is InChI=1S/C30H40N6O6S/c1-20(2)28-29-31-21(3)34-36(29)17-16-35(43(39,40)26-19-23(41-4)13-14-25(26)42-5)15-9-12-27(37)32-24(30(38)33-28)18-22-10-7-6-8-11-22/h6-8,10-11,13-14,19-20,24,28H,9,12,15-18H2,1-5H3,(H,32,37)(H,33,38)/t24-,28+/m0/s1. The minimum Gasteiger partial charge on any atom is -0.497 e. The van der Waals surface area contributed by atoms with Gasteiger partial charge in [-0.15, -0.1) is 0 Å². The summed E-state index contributed by atoms with van der Waals surface area (Å²) >= 11 is 0. The van der Waals surface area contributed by atoms with E-state index in [0.717, 1.165) is 5.56 Å². The maximum atomic E-state index is 14.0. The lowest BCUT2D eigenvalue weighted by atomic mass is 10.0. The number of aromatic nitrogens is 3. The van der Waals surface area contributed by atoms with Gasteiger partial charge in [0.2, 0.25) is 21.8 Å². The van der Waals surface area contributed by atoms with Gasteiger partial charge in [-0.05, 0) is 37.0 Å². The number of carbonyl (C=O) groups is 2. The summed E-state index contributed by atoms with van der Waals surface area (Å²) in [6, 6.07) is 12.7. The normalized spacial score (nSPS) is 19.2. The molecule has 0 unspecified atom stereocenters. The fourth-order valence-electron chi connectivity index (χ4n) is 5.07. The molecule has 0 bridgehead atoms. The number of hydrogen-bond acceptors (Lipinski definition) is 8. The van der Waals surface area contributed by atoms with Gasteiger partial charge in [-0.3, -0.25) is 9.59 Å². The molecule has 2 aromatic carbocycles. The van der Waals surface area contributed by atoms with Crippen LogP contribution < -0.4 is 20.1 Å². The lowest BCUT2D eigenvalue weighted by Gasteiger charge is -2.28. The van der Waals surface area contributed by atoms with Crippen molar-refractivity contribution in [2.24, 2.45) is 5.92 Å². The molecule has 12 nitrogen and oxygen atoms in total. The SMILES string of the molecule is COc1ccc(OC)c(S(=O)(=O)N2CCCC(=O)N[C@@H](Cc3ccccc3)C(=O)N[C@H](C(C)C)c3nc(C)nn3CC2)c1. The minimum atomic E-state index is -4.08. The van der Waals surface area contributed by atoms with Crippen LogP contribution in [0.4, 0.5) is 0 Å². The number of ether oxygens (including phenoxy) is 2. The Kier molecular flexibility index (Phi) is 10.4. The number of sulfonamides is 1. The van der Waals surface area contributed by atoms with Crippen molar-refractivity contribution in [3.05, 3.63) is 65.7 Å². The fourth-order valence-corrected chi connectivity index (χ4v) is 6.71. The third-order valence-corrected chi connectivity index (χ3v) is 9.26. The molecule has 232 valence electrons. The summed E-state index contributed by atoms with van der Waals surface area (Å²) in [6.45, 7) is 5.96. The summed E-state index contributed by atoms with van der Waals surface area (Å²) in [5.41, 5.74) is 0.897. The van der Waals surface area contributed by atoms with Crippen molar-refractivity contribution in [2.75, 3.05) is 27.3 Å². The molecule has 0 saturated heterocycles. The number of amides is 2. The number of rotatable bonds is 7. The zero-order chi connectivity index (χ0) is 31.1.